The van der Waals surface area contributed by atoms with Gasteiger partial charge in [0.2, 0.25) is 0 Å². The van der Waals surface area contributed by atoms with Crippen LogP contribution in [0.3, 0.4) is 0 Å². The quantitative estimate of drug-likeness (QED) is 0.612. The Kier molecular flexibility index (Phi) is 5.51. The predicted molar refractivity (Wildman–Crippen MR) is 128 cm³/mol. The maximum absolute atomic E-state index is 13.3. The molecule has 5 rings (SSSR count). The molecular formula is C24H29N5O2S. The van der Waals surface area contributed by atoms with Crippen molar-refractivity contribution in [2.75, 3.05) is 40.3 Å². The molecule has 3 aromatic rings. The molecule has 0 spiro atoms. The van der Waals surface area contributed by atoms with E-state index in [4.69, 9.17) is 0 Å². The molecule has 32 heavy (non-hydrogen) atoms. The Morgan fingerprint density at radius 1 is 1.16 bits per heavy atom. The van der Waals surface area contributed by atoms with Crippen molar-refractivity contribution in [3.8, 4) is 10.4 Å². The van der Waals surface area contributed by atoms with Crippen LogP contribution in [0.1, 0.15) is 24.4 Å². The van der Waals surface area contributed by atoms with Crippen LogP contribution in [0.2, 0.25) is 0 Å². The van der Waals surface area contributed by atoms with Gasteiger partial charge in [0.1, 0.15) is 4.70 Å². The molecule has 2 saturated heterocycles. The summed E-state index contributed by atoms with van der Waals surface area (Å²) in [6, 6.07) is 10.6. The smallest absolute Gasteiger partial charge is 0.320 e. The number of aryl methyl sites for hydroxylation is 1. The van der Waals surface area contributed by atoms with Crippen LogP contribution in [0.15, 0.2) is 41.5 Å². The maximum atomic E-state index is 13.3. The van der Waals surface area contributed by atoms with Crippen LogP contribution in [0.25, 0.3) is 20.7 Å². The third kappa shape index (κ3) is 3.82. The lowest BCUT2D eigenvalue weighted by Crippen LogP contribution is -2.46. The molecule has 2 aliphatic rings. The molecule has 2 aromatic heterocycles. The second kappa shape index (κ2) is 8.33. The molecule has 0 bridgehead atoms. The first-order chi connectivity index (χ1) is 15.4. The molecule has 2 aliphatic heterocycles. The van der Waals surface area contributed by atoms with Gasteiger partial charge in [0, 0.05) is 37.6 Å². The minimum atomic E-state index is -0.0343. The van der Waals surface area contributed by atoms with Crippen molar-refractivity contribution in [2.24, 2.45) is 0 Å². The standard InChI is InChI=1S/C24H29N5O2S/c1-16-4-6-17(7-5-16)21-12-20-22(32-21)23(30)29(15-25-20)19-9-11-28(14-19)24(31)27(3)18-8-10-26(2)13-18/h4-7,12,15,18-19H,8-11,13-14H2,1-3H3/t18-,19-/m0/s1. The zero-order chi connectivity index (χ0) is 22.4. The number of carbonyl (C=O) groups is 1. The fourth-order valence-electron chi connectivity index (χ4n) is 4.79. The summed E-state index contributed by atoms with van der Waals surface area (Å²) in [5.41, 5.74) is 3.04. The number of carbonyl (C=O) groups excluding carboxylic acids is 1. The van der Waals surface area contributed by atoms with E-state index < -0.39 is 0 Å². The van der Waals surface area contributed by atoms with Gasteiger partial charge in [0.15, 0.2) is 0 Å². The van der Waals surface area contributed by atoms with Gasteiger partial charge < -0.3 is 14.7 Å². The highest BCUT2D eigenvalue weighted by atomic mass is 32.1. The van der Waals surface area contributed by atoms with Crippen molar-refractivity contribution < 1.29 is 4.79 Å². The van der Waals surface area contributed by atoms with Gasteiger partial charge in [0.05, 0.1) is 17.9 Å². The summed E-state index contributed by atoms with van der Waals surface area (Å²) in [4.78, 5) is 38.0. The Morgan fingerprint density at radius 3 is 2.66 bits per heavy atom. The first kappa shape index (κ1) is 21.2. The molecule has 0 saturated carbocycles. The van der Waals surface area contributed by atoms with E-state index in [2.05, 4.69) is 48.1 Å². The van der Waals surface area contributed by atoms with Gasteiger partial charge in [-0.15, -0.1) is 11.3 Å². The maximum Gasteiger partial charge on any atom is 0.320 e. The summed E-state index contributed by atoms with van der Waals surface area (Å²) in [5.74, 6) is 0. The zero-order valence-electron chi connectivity index (χ0n) is 18.8. The van der Waals surface area contributed by atoms with Crippen molar-refractivity contribution in [1.29, 1.82) is 0 Å². The second-order valence-electron chi connectivity index (χ2n) is 9.13. The van der Waals surface area contributed by atoms with Crippen LogP contribution in [-0.4, -0.2) is 76.6 Å². The fourth-order valence-corrected chi connectivity index (χ4v) is 5.85. The summed E-state index contributed by atoms with van der Waals surface area (Å²) < 4.78 is 2.41. The number of rotatable bonds is 3. The Morgan fingerprint density at radius 2 is 1.94 bits per heavy atom. The summed E-state index contributed by atoms with van der Waals surface area (Å²) in [6.07, 6.45) is 3.44. The van der Waals surface area contributed by atoms with Crippen LogP contribution in [0, 0.1) is 6.92 Å². The number of aromatic nitrogens is 2. The molecule has 0 unspecified atom stereocenters. The number of fused-ring (bicyclic) bond motifs is 1. The van der Waals surface area contributed by atoms with Gasteiger partial charge >= 0.3 is 6.03 Å². The van der Waals surface area contributed by atoms with Crippen LogP contribution in [0.5, 0.6) is 0 Å². The van der Waals surface area contributed by atoms with Gasteiger partial charge in [-0.1, -0.05) is 29.8 Å². The van der Waals surface area contributed by atoms with Crippen LogP contribution in [-0.2, 0) is 0 Å². The number of hydrogen-bond donors (Lipinski definition) is 0. The molecule has 168 valence electrons. The van der Waals surface area contributed by atoms with Gasteiger partial charge in [-0.25, -0.2) is 9.78 Å². The number of nitrogens with zero attached hydrogens (tertiary/aromatic N) is 5. The predicted octanol–water partition coefficient (Wildman–Crippen LogP) is 3.44. The summed E-state index contributed by atoms with van der Waals surface area (Å²) in [5, 5.41) is 0. The molecule has 0 aliphatic carbocycles. The highest BCUT2D eigenvalue weighted by Gasteiger charge is 2.34. The Hall–Kier alpha value is -2.71. The van der Waals surface area contributed by atoms with Gasteiger partial charge in [-0.05, 0) is 45.0 Å². The Labute approximate surface area is 191 Å². The lowest BCUT2D eigenvalue weighted by Gasteiger charge is -2.29. The van der Waals surface area contributed by atoms with Crippen LogP contribution >= 0.6 is 11.3 Å². The number of benzene rings is 1. The molecule has 2 amide bonds. The summed E-state index contributed by atoms with van der Waals surface area (Å²) in [6.45, 7) is 5.22. The average molecular weight is 452 g/mol. The molecule has 2 atom stereocenters. The van der Waals surface area contributed by atoms with E-state index in [0.717, 1.165) is 41.9 Å². The molecule has 4 heterocycles. The van der Waals surface area contributed by atoms with E-state index in [9.17, 15) is 9.59 Å². The minimum absolute atomic E-state index is 0.0107. The molecule has 8 heteroatoms. The molecule has 7 nitrogen and oxygen atoms in total. The van der Waals surface area contributed by atoms with Crippen LogP contribution in [0.4, 0.5) is 4.79 Å². The normalized spacial score (nSPS) is 21.5. The minimum Gasteiger partial charge on any atom is -0.323 e. The number of likely N-dealkylation sites (tertiary alicyclic amines) is 2. The Bertz CT molecular complexity index is 1200. The van der Waals surface area contributed by atoms with E-state index in [1.807, 2.05) is 22.9 Å². The number of hydrogen-bond acceptors (Lipinski definition) is 5. The van der Waals surface area contributed by atoms with E-state index in [1.165, 1.54) is 16.9 Å². The van der Waals surface area contributed by atoms with Crippen molar-refractivity contribution in [3.05, 3.63) is 52.6 Å². The van der Waals surface area contributed by atoms with E-state index in [1.54, 1.807) is 10.9 Å². The first-order valence-corrected chi connectivity index (χ1v) is 12.0. The van der Waals surface area contributed by atoms with Gasteiger partial charge in [-0.2, -0.15) is 0 Å². The molecule has 0 radical (unpaired) electrons. The van der Waals surface area contributed by atoms with Crippen molar-refractivity contribution >= 4 is 27.6 Å². The molecular weight excluding hydrogens is 422 g/mol. The first-order valence-electron chi connectivity index (χ1n) is 11.2. The third-order valence-electron chi connectivity index (χ3n) is 6.84. The van der Waals surface area contributed by atoms with Gasteiger partial charge in [0.25, 0.3) is 5.56 Å². The number of amides is 2. The second-order valence-corrected chi connectivity index (χ2v) is 10.2. The highest BCUT2D eigenvalue weighted by Crippen LogP contribution is 2.31. The SMILES string of the molecule is Cc1ccc(-c2cc3ncn([C@H]4CCN(C(=O)N(C)[C@H]5CCN(C)C5)C4)c(=O)c3s2)cc1. The number of thiophene rings is 1. The number of likely N-dealkylation sites (N-methyl/N-ethyl adjacent to an activating group) is 2. The van der Waals surface area contributed by atoms with E-state index in [-0.39, 0.29) is 23.7 Å². The number of urea groups is 1. The highest BCUT2D eigenvalue weighted by molar-refractivity contribution is 7.22. The molecule has 2 fully saturated rings. The lowest BCUT2D eigenvalue weighted by molar-refractivity contribution is 0.155. The Balaban J connectivity index is 1.35. The molecule has 0 N–H and O–H groups in total. The largest absolute Gasteiger partial charge is 0.323 e. The topological polar surface area (TPSA) is 61.7 Å². The van der Waals surface area contributed by atoms with E-state index >= 15 is 0 Å². The van der Waals surface area contributed by atoms with Crippen molar-refractivity contribution in [2.45, 2.75) is 31.8 Å². The lowest BCUT2D eigenvalue weighted by atomic mass is 10.1. The van der Waals surface area contributed by atoms with E-state index in [0.29, 0.717) is 17.8 Å². The average Bonchev–Trinajstić information content (AvgIpc) is 3.53. The molecule has 1 aromatic carbocycles. The van der Waals surface area contributed by atoms with Crippen LogP contribution < -0.4 is 5.56 Å². The fraction of sp³-hybridized carbons (Fsp3) is 0.458. The van der Waals surface area contributed by atoms with Crippen molar-refractivity contribution in [3.63, 3.8) is 0 Å². The summed E-state index contributed by atoms with van der Waals surface area (Å²) >= 11 is 1.50. The van der Waals surface area contributed by atoms with Crippen molar-refractivity contribution in [1.82, 2.24) is 24.3 Å². The van der Waals surface area contributed by atoms with Gasteiger partial charge in [-0.3, -0.25) is 9.36 Å². The zero-order valence-corrected chi connectivity index (χ0v) is 19.6. The third-order valence-corrected chi connectivity index (χ3v) is 8.00. The monoisotopic (exact) mass is 451 g/mol. The summed E-state index contributed by atoms with van der Waals surface area (Å²) in [7, 11) is 3.99.